The van der Waals surface area contributed by atoms with E-state index in [2.05, 4.69) is 5.10 Å². The molecule has 0 saturated carbocycles. The molecule has 0 fully saturated rings. The summed E-state index contributed by atoms with van der Waals surface area (Å²) in [5.41, 5.74) is -1.23. The first-order chi connectivity index (χ1) is 10.7. The lowest BCUT2D eigenvalue weighted by atomic mass is 10.1. The van der Waals surface area contributed by atoms with E-state index in [1.807, 2.05) is 0 Å². The zero-order chi connectivity index (χ0) is 17.1. The zero-order valence-electron chi connectivity index (χ0n) is 11.4. The van der Waals surface area contributed by atoms with Gasteiger partial charge in [0.05, 0.1) is 16.7 Å². The van der Waals surface area contributed by atoms with Gasteiger partial charge in [-0.1, -0.05) is 18.2 Å². The molecule has 2 rings (SSSR count). The van der Waals surface area contributed by atoms with Crippen LogP contribution in [-0.2, 0) is 16.2 Å². The molecule has 0 radical (unpaired) electrons. The molecule has 0 aromatic heterocycles. The lowest BCUT2D eigenvalue weighted by Gasteiger charge is -2.09. The molecule has 0 spiro atoms. The highest BCUT2D eigenvalue weighted by Gasteiger charge is 2.32. The second-order valence-electron chi connectivity index (χ2n) is 4.39. The second-order valence-corrected chi connectivity index (χ2v) is 6.05. The van der Waals surface area contributed by atoms with Gasteiger partial charge in [0, 0.05) is 5.56 Å². The van der Waals surface area contributed by atoms with E-state index in [0.29, 0.717) is 0 Å². The van der Waals surface area contributed by atoms with Crippen molar-refractivity contribution in [1.29, 1.82) is 0 Å². The van der Waals surface area contributed by atoms with Crippen molar-refractivity contribution >= 4 is 16.2 Å². The van der Waals surface area contributed by atoms with Crippen LogP contribution in [0.4, 0.5) is 17.6 Å². The van der Waals surface area contributed by atoms with Crippen LogP contribution in [0.5, 0.6) is 0 Å². The minimum atomic E-state index is -4.58. The zero-order valence-corrected chi connectivity index (χ0v) is 12.2. The Labute approximate surface area is 129 Å². The van der Waals surface area contributed by atoms with Gasteiger partial charge in [0.15, 0.2) is 0 Å². The fourth-order valence-corrected chi connectivity index (χ4v) is 2.49. The number of benzene rings is 2. The van der Waals surface area contributed by atoms with Crippen molar-refractivity contribution in [1.82, 2.24) is 4.83 Å². The van der Waals surface area contributed by atoms with Gasteiger partial charge in [0.2, 0.25) is 0 Å². The van der Waals surface area contributed by atoms with Gasteiger partial charge in [0.1, 0.15) is 5.82 Å². The molecule has 0 bridgehead atoms. The van der Waals surface area contributed by atoms with Gasteiger partial charge in [-0.25, -0.2) is 9.22 Å². The molecule has 1 N–H and O–H groups in total. The third-order valence-corrected chi connectivity index (χ3v) is 4.01. The second kappa shape index (κ2) is 6.37. The summed E-state index contributed by atoms with van der Waals surface area (Å²) in [4.78, 5) is 1.51. The lowest BCUT2D eigenvalue weighted by molar-refractivity contribution is -0.137. The highest BCUT2D eigenvalue weighted by molar-refractivity contribution is 7.89. The minimum absolute atomic E-state index is 0.264. The van der Waals surface area contributed by atoms with E-state index in [1.54, 1.807) is 4.83 Å². The molecule has 0 aliphatic rings. The minimum Gasteiger partial charge on any atom is -0.207 e. The molecule has 2 aromatic rings. The molecule has 0 heterocycles. The van der Waals surface area contributed by atoms with Crippen LogP contribution in [0.15, 0.2) is 58.5 Å². The number of nitrogens with one attached hydrogen (secondary N) is 1. The van der Waals surface area contributed by atoms with E-state index in [-0.39, 0.29) is 10.5 Å². The Morgan fingerprint density at radius 3 is 2.22 bits per heavy atom. The summed E-state index contributed by atoms with van der Waals surface area (Å²) in [6.07, 6.45) is -3.83. The average molecular weight is 346 g/mol. The molecular formula is C14H10F4N2O2S. The number of hydrogen-bond donors (Lipinski definition) is 1. The van der Waals surface area contributed by atoms with E-state index in [0.717, 1.165) is 42.6 Å². The number of hydrazone groups is 1. The molecular weight excluding hydrogens is 336 g/mol. The Morgan fingerprint density at radius 2 is 1.61 bits per heavy atom. The third kappa shape index (κ3) is 4.28. The van der Waals surface area contributed by atoms with Crippen molar-refractivity contribution in [2.45, 2.75) is 11.1 Å². The summed E-state index contributed by atoms with van der Waals surface area (Å²) in [6, 6.07) is 8.49. The van der Waals surface area contributed by atoms with Crippen LogP contribution >= 0.6 is 0 Å². The first-order valence-corrected chi connectivity index (χ1v) is 7.65. The molecule has 0 saturated heterocycles. The number of hydrogen-bond acceptors (Lipinski definition) is 3. The van der Waals surface area contributed by atoms with E-state index < -0.39 is 27.6 Å². The van der Waals surface area contributed by atoms with E-state index in [9.17, 15) is 26.0 Å². The average Bonchev–Trinajstić information content (AvgIpc) is 2.47. The first kappa shape index (κ1) is 16.9. The van der Waals surface area contributed by atoms with Gasteiger partial charge in [-0.2, -0.15) is 26.7 Å². The third-order valence-electron chi connectivity index (χ3n) is 2.77. The Balaban J connectivity index is 2.21. The maximum absolute atomic E-state index is 12.8. The molecule has 122 valence electrons. The summed E-state index contributed by atoms with van der Waals surface area (Å²) in [5.74, 6) is -0.619. The molecule has 23 heavy (non-hydrogen) atoms. The van der Waals surface area contributed by atoms with Crippen LogP contribution in [0, 0.1) is 5.82 Å². The molecule has 4 nitrogen and oxygen atoms in total. The normalized spacial score (nSPS) is 12.5. The summed E-state index contributed by atoms with van der Waals surface area (Å²) < 4.78 is 74.8. The van der Waals surface area contributed by atoms with Crippen LogP contribution in [0.2, 0.25) is 0 Å². The maximum atomic E-state index is 12.8. The van der Waals surface area contributed by atoms with Crippen molar-refractivity contribution in [2.75, 3.05) is 0 Å². The van der Waals surface area contributed by atoms with E-state index in [1.165, 1.54) is 12.1 Å². The summed E-state index contributed by atoms with van der Waals surface area (Å²) >= 11 is 0. The Hall–Kier alpha value is -2.42. The van der Waals surface area contributed by atoms with E-state index in [4.69, 9.17) is 0 Å². The molecule has 0 unspecified atom stereocenters. The smallest absolute Gasteiger partial charge is 0.207 e. The van der Waals surface area contributed by atoms with Crippen LogP contribution in [0.3, 0.4) is 0 Å². The standard InChI is InChI=1S/C14H10F4N2O2S/c15-11-5-7-12(8-6-11)23(21,22)20-19-9-10-3-1-2-4-13(10)14(16,17)18/h1-9,20H/b19-9+. The monoisotopic (exact) mass is 346 g/mol. The van der Waals surface area contributed by atoms with Crippen LogP contribution in [-0.4, -0.2) is 14.6 Å². The highest BCUT2D eigenvalue weighted by atomic mass is 32.2. The largest absolute Gasteiger partial charge is 0.417 e. The van der Waals surface area contributed by atoms with Gasteiger partial charge in [-0.3, -0.25) is 0 Å². The van der Waals surface area contributed by atoms with Gasteiger partial charge in [-0.05, 0) is 30.3 Å². The number of rotatable bonds is 4. The van der Waals surface area contributed by atoms with Crippen molar-refractivity contribution in [3.05, 3.63) is 65.5 Å². The van der Waals surface area contributed by atoms with E-state index >= 15 is 0 Å². The van der Waals surface area contributed by atoms with Crippen LogP contribution in [0.25, 0.3) is 0 Å². The van der Waals surface area contributed by atoms with Crippen LogP contribution < -0.4 is 4.83 Å². The van der Waals surface area contributed by atoms with Crippen molar-refractivity contribution in [3.63, 3.8) is 0 Å². The Morgan fingerprint density at radius 1 is 1.00 bits per heavy atom. The van der Waals surface area contributed by atoms with Crippen molar-refractivity contribution in [2.24, 2.45) is 5.10 Å². The van der Waals surface area contributed by atoms with Crippen LogP contribution in [0.1, 0.15) is 11.1 Å². The summed E-state index contributed by atoms with van der Waals surface area (Å²) in [6.45, 7) is 0. The highest BCUT2D eigenvalue weighted by Crippen LogP contribution is 2.31. The van der Waals surface area contributed by atoms with Crippen molar-refractivity contribution < 1.29 is 26.0 Å². The predicted molar refractivity (Wildman–Crippen MR) is 75.8 cm³/mol. The SMILES string of the molecule is O=S(=O)(N/N=C/c1ccccc1C(F)(F)F)c1ccc(F)cc1. The summed E-state index contributed by atoms with van der Waals surface area (Å²) in [5, 5.41) is 3.33. The van der Waals surface area contributed by atoms with Crippen molar-refractivity contribution in [3.8, 4) is 0 Å². The molecule has 0 atom stereocenters. The number of alkyl halides is 3. The fraction of sp³-hybridized carbons (Fsp3) is 0.0714. The van der Waals surface area contributed by atoms with Gasteiger partial charge in [-0.15, -0.1) is 0 Å². The van der Waals surface area contributed by atoms with Gasteiger partial charge in [0.25, 0.3) is 10.0 Å². The lowest BCUT2D eigenvalue weighted by Crippen LogP contribution is -2.18. The molecule has 0 aliphatic carbocycles. The van der Waals surface area contributed by atoms with Gasteiger partial charge < -0.3 is 0 Å². The molecule has 2 aromatic carbocycles. The fourth-order valence-electron chi connectivity index (χ4n) is 1.70. The molecule has 0 aliphatic heterocycles. The predicted octanol–water partition coefficient (Wildman–Crippen LogP) is 3.16. The quantitative estimate of drug-likeness (QED) is 0.525. The Kier molecular flexibility index (Phi) is 4.69. The van der Waals surface area contributed by atoms with Gasteiger partial charge >= 0.3 is 6.18 Å². The summed E-state index contributed by atoms with van der Waals surface area (Å²) in [7, 11) is -4.09. The first-order valence-electron chi connectivity index (χ1n) is 6.17. The molecule has 9 heteroatoms. The maximum Gasteiger partial charge on any atom is 0.417 e. The number of sulfonamides is 1. The Bertz CT molecular complexity index is 815. The number of nitrogens with zero attached hydrogens (tertiary/aromatic N) is 1. The molecule has 0 amide bonds. The topological polar surface area (TPSA) is 58.5 Å². The number of halogens is 4.